The van der Waals surface area contributed by atoms with Crippen molar-refractivity contribution in [2.45, 2.75) is 13.8 Å². The molecule has 2 N–H and O–H groups in total. The third kappa shape index (κ3) is 6.31. The molecule has 0 aliphatic rings. The van der Waals surface area contributed by atoms with Crippen LogP contribution in [0.5, 0.6) is 0 Å². The van der Waals surface area contributed by atoms with E-state index in [0.717, 1.165) is 12.2 Å². The first-order valence-corrected chi connectivity index (χ1v) is 4.58. The molecule has 0 radical (unpaired) electrons. The van der Waals surface area contributed by atoms with Crippen LogP contribution in [0, 0.1) is 0 Å². The summed E-state index contributed by atoms with van der Waals surface area (Å²) in [5, 5.41) is 0. The molecule has 0 rings (SSSR count). The highest BCUT2D eigenvalue weighted by molar-refractivity contribution is 6.45. The van der Waals surface area contributed by atoms with E-state index in [1.807, 2.05) is 0 Å². The van der Waals surface area contributed by atoms with Crippen molar-refractivity contribution in [1.82, 2.24) is 0 Å². The van der Waals surface area contributed by atoms with E-state index in [4.69, 9.17) is 15.2 Å². The Balaban J connectivity index is 4.21. The van der Waals surface area contributed by atoms with Gasteiger partial charge in [-0.05, 0) is 13.8 Å². The molecule has 0 spiro atoms. The van der Waals surface area contributed by atoms with Gasteiger partial charge in [0.1, 0.15) is 0 Å². The van der Waals surface area contributed by atoms with Crippen LogP contribution < -0.4 is 5.73 Å². The van der Waals surface area contributed by atoms with Gasteiger partial charge in [0.15, 0.2) is 5.88 Å². The average Bonchev–Trinajstić information content (AvgIpc) is 2.18. The van der Waals surface area contributed by atoms with Gasteiger partial charge in [0.2, 0.25) is 11.6 Å². The predicted octanol–water partition coefficient (Wildman–Crippen LogP) is 0.511. The number of hydrogen-bond donors (Lipinski definition) is 1. The molecule has 0 aliphatic heterocycles. The van der Waals surface area contributed by atoms with E-state index >= 15 is 0 Å². The first-order valence-electron chi connectivity index (χ1n) is 4.58. The number of nitrogens with two attached hydrogens (primary N) is 1. The topological polar surface area (TPSA) is 78.6 Å². The van der Waals surface area contributed by atoms with Crippen molar-refractivity contribution in [2.24, 2.45) is 5.73 Å². The third-order valence-corrected chi connectivity index (χ3v) is 1.31. The highest BCUT2D eigenvalue weighted by Gasteiger charge is 2.08. The van der Waals surface area contributed by atoms with Gasteiger partial charge in [-0.15, -0.1) is 0 Å². The molecule has 0 heterocycles. The van der Waals surface area contributed by atoms with Gasteiger partial charge in [-0.1, -0.05) is 0 Å². The average molecular weight is 213 g/mol. The number of allylic oxidation sites excluding steroid dienone is 2. The number of hydrogen-bond acceptors (Lipinski definition) is 5. The highest BCUT2D eigenvalue weighted by atomic mass is 16.5. The Hall–Kier alpha value is -1.78. The number of carbonyl (C=O) groups is 2. The summed E-state index contributed by atoms with van der Waals surface area (Å²) in [4.78, 5) is 22.2. The van der Waals surface area contributed by atoms with Crippen LogP contribution >= 0.6 is 0 Å². The number of rotatable bonds is 7. The van der Waals surface area contributed by atoms with Crippen LogP contribution in [0.4, 0.5) is 0 Å². The van der Waals surface area contributed by atoms with E-state index in [0.29, 0.717) is 13.2 Å². The molecule has 0 amide bonds. The standard InChI is InChI=1S/C10H15NO4/c1-3-14-6-5-8(12)9(13)7-10(11)15-4-2/h5-7H,3-4,11H2,1-2H3/b6-5+,10-7+. The summed E-state index contributed by atoms with van der Waals surface area (Å²) < 4.78 is 9.57. The molecule has 15 heavy (non-hydrogen) atoms. The van der Waals surface area contributed by atoms with E-state index < -0.39 is 11.6 Å². The lowest BCUT2D eigenvalue weighted by Crippen LogP contribution is -2.12. The maximum absolute atomic E-state index is 11.1. The molecule has 84 valence electrons. The second-order valence-corrected chi connectivity index (χ2v) is 2.47. The summed E-state index contributed by atoms with van der Waals surface area (Å²) in [5.74, 6) is -1.51. The molecule has 0 fully saturated rings. The fraction of sp³-hybridized carbons (Fsp3) is 0.400. The van der Waals surface area contributed by atoms with E-state index in [1.54, 1.807) is 13.8 Å². The van der Waals surface area contributed by atoms with Gasteiger partial charge in [0, 0.05) is 12.2 Å². The summed E-state index contributed by atoms with van der Waals surface area (Å²) in [6, 6.07) is 0. The molecule has 5 heteroatoms. The second kappa shape index (κ2) is 7.61. The summed E-state index contributed by atoms with van der Waals surface area (Å²) in [5.41, 5.74) is 5.29. The third-order valence-electron chi connectivity index (χ3n) is 1.31. The van der Waals surface area contributed by atoms with Crippen LogP contribution in [0.15, 0.2) is 24.3 Å². The first-order chi connectivity index (χ1) is 7.11. The lowest BCUT2D eigenvalue weighted by Gasteiger charge is -1.99. The van der Waals surface area contributed by atoms with Crippen LogP contribution in [-0.2, 0) is 19.1 Å². The minimum absolute atomic E-state index is 0.0688. The van der Waals surface area contributed by atoms with Gasteiger partial charge >= 0.3 is 0 Å². The maximum Gasteiger partial charge on any atom is 0.231 e. The van der Waals surface area contributed by atoms with Crippen LogP contribution in [0.3, 0.4) is 0 Å². The van der Waals surface area contributed by atoms with Crippen molar-refractivity contribution in [1.29, 1.82) is 0 Å². The Kier molecular flexibility index (Phi) is 6.70. The van der Waals surface area contributed by atoms with Gasteiger partial charge in [-0.3, -0.25) is 9.59 Å². The summed E-state index contributed by atoms with van der Waals surface area (Å²) in [6.45, 7) is 4.28. The highest BCUT2D eigenvalue weighted by Crippen LogP contribution is 1.91. The van der Waals surface area contributed by atoms with Crippen molar-refractivity contribution >= 4 is 11.6 Å². The van der Waals surface area contributed by atoms with Crippen molar-refractivity contribution in [2.75, 3.05) is 13.2 Å². The second-order valence-electron chi connectivity index (χ2n) is 2.47. The quantitative estimate of drug-likeness (QED) is 0.378. The first kappa shape index (κ1) is 13.2. The fourth-order valence-electron chi connectivity index (χ4n) is 0.697. The molecule has 0 unspecified atom stereocenters. The molecule has 0 atom stereocenters. The molecule has 0 saturated heterocycles. The summed E-state index contributed by atoms with van der Waals surface area (Å²) in [7, 11) is 0. The van der Waals surface area contributed by atoms with E-state index in [2.05, 4.69) is 0 Å². The zero-order valence-corrected chi connectivity index (χ0v) is 8.86. The van der Waals surface area contributed by atoms with Crippen LogP contribution in [0.2, 0.25) is 0 Å². The van der Waals surface area contributed by atoms with Crippen molar-refractivity contribution < 1.29 is 19.1 Å². The molecule has 5 nitrogen and oxygen atoms in total. The van der Waals surface area contributed by atoms with Crippen LogP contribution in [0.25, 0.3) is 0 Å². The molecule has 0 aromatic rings. The molecular weight excluding hydrogens is 198 g/mol. The van der Waals surface area contributed by atoms with E-state index in [9.17, 15) is 9.59 Å². The Morgan fingerprint density at radius 2 is 1.87 bits per heavy atom. The minimum atomic E-state index is -0.739. The molecule has 0 aromatic carbocycles. The number of ketones is 2. The van der Waals surface area contributed by atoms with Gasteiger partial charge in [0.25, 0.3) is 0 Å². The fourth-order valence-corrected chi connectivity index (χ4v) is 0.697. The lowest BCUT2D eigenvalue weighted by molar-refractivity contribution is -0.131. The Morgan fingerprint density at radius 1 is 1.20 bits per heavy atom. The smallest absolute Gasteiger partial charge is 0.231 e. The Bertz CT molecular complexity index is 281. The number of carbonyl (C=O) groups excluding carboxylic acids is 2. The van der Waals surface area contributed by atoms with Gasteiger partial charge < -0.3 is 15.2 Å². The molecule has 0 aromatic heterocycles. The van der Waals surface area contributed by atoms with Crippen molar-refractivity contribution in [3.05, 3.63) is 24.3 Å². The molecular formula is C10H15NO4. The van der Waals surface area contributed by atoms with Gasteiger partial charge in [-0.2, -0.15) is 0 Å². The van der Waals surface area contributed by atoms with Crippen molar-refractivity contribution in [3.8, 4) is 0 Å². The summed E-state index contributed by atoms with van der Waals surface area (Å²) >= 11 is 0. The zero-order chi connectivity index (χ0) is 11.7. The largest absolute Gasteiger partial charge is 0.501 e. The summed E-state index contributed by atoms with van der Waals surface area (Å²) in [6.07, 6.45) is 3.16. The SMILES string of the molecule is CCO/C=C/C(=O)C(=O)/C=C(\N)OCC. The van der Waals surface area contributed by atoms with Gasteiger partial charge in [-0.25, -0.2) is 0 Å². The predicted molar refractivity (Wildman–Crippen MR) is 54.7 cm³/mol. The van der Waals surface area contributed by atoms with Crippen LogP contribution in [-0.4, -0.2) is 24.8 Å². The Labute approximate surface area is 88.5 Å². The van der Waals surface area contributed by atoms with Crippen LogP contribution in [0.1, 0.15) is 13.8 Å². The lowest BCUT2D eigenvalue weighted by atomic mass is 10.2. The molecule has 0 saturated carbocycles. The monoisotopic (exact) mass is 213 g/mol. The van der Waals surface area contributed by atoms with Gasteiger partial charge in [0.05, 0.1) is 19.5 Å². The van der Waals surface area contributed by atoms with E-state index in [-0.39, 0.29) is 5.88 Å². The van der Waals surface area contributed by atoms with E-state index in [1.165, 1.54) is 6.26 Å². The molecule has 0 bridgehead atoms. The number of ether oxygens (including phenoxy) is 2. The zero-order valence-electron chi connectivity index (χ0n) is 8.86. The maximum atomic E-state index is 11.1. The van der Waals surface area contributed by atoms with Crippen molar-refractivity contribution in [3.63, 3.8) is 0 Å². The molecule has 0 aliphatic carbocycles. The Morgan fingerprint density at radius 3 is 2.40 bits per heavy atom. The normalized spacial score (nSPS) is 11.5. The minimum Gasteiger partial charge on any atom is -0.501 e.